The van der Waals surface area contributed by atoms with E-state index in [9.17, 15) is 0 Å². The molecule has 0 aliphatic rings. The molecule has 3 rings (SSSR count). The van der Waals surface area contributed by atoms with Crippen molar-refractivity contribution in [2.45, 2.75) is 0 Å². The number of alkyl halides is 1. The van der Waals surface area contributed by atoms with Crippen LogP contribution >= 0.6 is 29.9 Å². The number of rotatable bonds is 8. The van der Waals surface area contributed by atoms with Crippen molar-refractivity contribution in [1.29, 1.82) is 0 Å². The Balaban J connectivity index is 2.13. The SMILES string of the molecule is [131I]CCOCC[P+](c1ccccc1)(c1ccccc1)c1cccnc1. The van der Waals surface area contributed by atoms with Crippen LogP contribution in [0.3, 0.4) is 0 Å². The van der Waals surface area contributed by atoms with E-state index in [0.29, 0.717) is 0 Å². The molecule has 0 aliphatic carbocycles. The maximum atomic E-state index is 5.90. The van der Waals surface area contributed by atoms with Gasteiger partial charge in [-0.3, -0.25) is 4.98 Å². The molecule has 0 radical (unpaired) electrons. The van der Waals surface area contributed by atoms with Crippen molar-refractivity contribution in [3.63, 3.8) is 0 Å². The molecule has 0 amide bonds. The summed E-state index contributed by atoms with van der Waals surface area (Å²) in [4.78, 5) is 4.43. The first-order valence-electron chi connectivity index (χ1n) is 8.41. The Morgan fingerprint density at radius 1 is 0.760 bits per heavy atom. The van der Waals surface area contributed by atoms with Gasteiger partial charge >= 0.3 is 0 Å². The summed E-state index contributed by atoms with van der Waals surface area (Å²) in [5.74, 6) is 0. The summed E-state index contributed by atoms with van der Waals surface area (Å²) in [5, 5.41) is 4.07. The first-order valence-corrected chi connectivity index (χ1v) is 11.9. The third kappa shape index (κ3) is 4.28. The molecule has 25 heavy (non-hydrogen) atoms. The number of benzene rings is 2. The Bertz CT molecular complexity index is 656. The van der Waals surface area contributed by atoms with Crippen LogP contribution in [0.5, 0.6) is 0 Å². The van der Waals surface area contributed by atoms with E-state index >= 15 is 0 Å². The van der Waals surface area contributed by atoms with E-state index in [1.54, 1.807) is 0 Å². The maximum Gasteiger partial charge on any atom is 0.123 e. The minimum absolute atomic E-state index is 0.759. The fourth-order valence-corrected chi connectivity index (χ4v) is 7.49. The molecule has 128 valence electrons. The molecule has 1 aromatic heterocycles. The van der Waals surface area contributed by atoms with Crippen molar-refractivity contribution in [3.8, 4) is 0 Å². The van der Waals surface area contributed by atoms with E-state index in [0.717, 1.165) is 23.8 Å². The largest absolute Gasteiger partial charge is 0.377 e. The van der Waals surface area contributed by atoms with Crippen molar-refractivity contribution in [1.82, 2.24) is 4.98 Å². The molecule has 0 aliphatic heterocycles. The van der Waals surface area contributed by atoms with Gasteiger partial charge in [0, 0.05) is 10.6 Å². The lowest BCUT2D eigenvalue weighted by Gasteiger charge is -2.27. The fraction of sp³-hybridized carbons (Fsp3) is 0.190. The van der Waals surface area contributed by atoms with E-state index in [1.165, 1.54) is 15.9 Å². The molecule has 1 heterocycles. The summed E-state index contributed by atoms with van der Waals surface area (Å²) in [5.41, 5.74) is 0. The Hall–Kier alpha value is -1.29. The van der Waals surface area contributed by atoms with Crippen molar-refractivity contribution >= 4 is 45.8 Å². The number of ether oxygens (including phenoxy) is 1. The van der Waals surface area contributed by atoms with Crippen molar-refractivity contribution in [2.75, 3.05) is 23.8 Å². The van der Waals surface area contributed by atoms with Gasteiger partial charge in [-0.2, -0.15) is 0 Å². The summed E-state index contributed by atoms with van der Waals surface area (Å²) in [6.45, 7) is 1.56. The van der Waals surface area contributed by atoms with Crippen LogP contribution < -0.4 is 15.9 Å². The quantitative estimate of drug-likeness (QED) is 0.218. The van der Waals surface area contributed by atoms with Crippen LogP contribution in [0.4, 0.5) is 0 Å². The zero-order chi connectivity index (χ0) is 17.4. The smallest absolute Gasteiger partial charge is 0.123 e. The Labute approximate surface area is 164 Å². The monoisotopic (exact) mass is 466 g/mol. The molecule has 0 saturated heterocycles. The third-order valence-electron chi connectivity index (χ3n) is 4.27. The van der Waals surface area contributed by atoms with Crippen LogP contribution in [0.2, 0.25) is 0 Å². The predicted molar refractivity (Wildman–Crippen MR) is 118 cm³/mol. The van der Waals surface area contributed by atoms with Gasteiger partial charge in [0.15, 0.2) is 0 Å². The highest BCUT2D eigenvalue weighted by Gasteiger charge is 2.45. The summed E-state index contributed by atoms with van der Waals surface area (Å²) < 4.78 is 6.92. The number of aromatic nitrogens is 1. The normalized spacial score (nSPS) is 11.4. The molecular formula is C21H22INOP+. The predicted octanol–water partition coefficient (Wildman–Crippen LogP) is 3.83. The van der Waals surface area contributed by atoms with E-state index in [4.69, 9.17) is 4.74 Å². The van der Waals surface area contributed by atoms with Crippen molar-refractivity contribution in [3.05, 3.63) is 85.2 Å². The molecular weight excluding hydrogens is 444 g/mol. The third-order valence-corrected chi connectivity index (χ3v) is 9.07. The summed E-state index contributed by atoms with van der Waals surface area (Å²) >= 11 is 2.36. The van der Waals surface area contributed by atoms with E-state index in [-0.39, 0.29) is 0 Å². The van der Waals surface area contributed by atoms with Crippen molar-refractivity contribution < 1.29 is 4.74 Å². The number of hydrogen-bond acceptors (Lipinski definition) is 2. The zero-order valence-corrected chi connectivity index (χ0v) is 17.1. The second kappa shape index (κ2) is 9.42. The van der Waals surface area contributed by atoms with Crippen LogP contribution in [0.25, 0.3) is 0 Å². The van der Waals surface area contributed by atoms with Gasteiger partial charge in [-0.15, -0.1) is 0 Å². The highest BCUT2D eigenvalue weighted by atomic mass is 131. The van der Waals surface area contributed by atoms with Crippen LogP contribution in [-0.4, -0.2) is 28.8 Å². The van der Waals surface area contributed by atoms with Crippen LogP contribution in [-0.2, 0) is 4.74 Å². The Morgan fingerprint density at radius 3 is 1.88 bits per heavy atom. The maximum absolute atomic E-state index is 5.90. The summed E-state index contributed by atoms with van der Waals surface area (Å²) in [6.07, 6.45) is 4.87. The number of pyridine rings is 1. The molecule has 0 N–H and O–H groups in total. The molecule has 0 atom stereocenters. The van der Waals surface area contributed by atoms with Gasteiger partial charge in [-0.1, -0.05) is 59.0 Å². The molecule has 0 fully saturated rings. The van der Waals surface area contributed by atoms with Crippen molar-refractivity contribution in [2.24, 2.45) is 0 Å². The minimum Gasteiger partial charge on any atom is -0.377 e. The first kappa shape index (κ1) is 18.5. The Kier molecular flexibility index (Phi) is 6.97. The minimum atomic E-state index is -1.78. The molecule has 0 bridgehead atoms. The molecule has 3 aromatic rings. The van der Waals surface area contributed by atoms with Crippen LogP contribution in [0.15, 0.2) is 85.2 Å². The van der Waals surface area contributed by atoms with Gasteiger partial charge in [0.25, 0.3) is 0 Å². The van der Waals surface area contributed by atoms with Gasteiger partial charge in [-0.25, -0.2) is 0 Å². The second-order valence-electron chi connectivity index (χ2n) is 5.72. The average Bonchev–Trinajstić information content (AvgIpc) is 2.70. The van der Waals surface area contributed by atoms with Crippen LogP contribution in [0.1, 0.15) is 0 Å². The van der Waals surface area contributed by atoms with E-state index in [1.807, 2.05) is 18.5 Å². The van der Waals surface area contributed by atoms with Gasteiger partial charge in [-0.05, 0) is 36.4 Å². The van der Waals surface area contributed by atoms with Gasteiger partial charge in [0.2, 0.25) is 0 Å². The lowest BCUT2D eigenvalue weighted by Crippen LogP contribution is -2.35. The molecule has 0 saturated carbocycles. The van der Waals surface area contributed by atoms with Crippen LogP contribution in [0, 0.1) is 0 Å². The van der Waals surface area contributed by atoms with Gasteiger partial charge in [0.05, 0.1) is 25.6 Å². The first-order chi connectivity index (χ1) is 12.4. The molecule has 0 spiro atoms. The summed E-state index contributed by atoms with van der Waals surface area (Å²) in [7, 11) is -1.78. The molecule has 2 nitrogen and oxygen atoms in total. The lowest BCUT2D eigenvalue weighted by molar-refractivity contribution is 0.168. The average molecular weight is 466 g/mol. The Morgan fingerprint density at radius 2 is 1.36 bits per heavy atom. The number of halogens is 1. The van der Waals surface area contributed by atoms with Gasteiger partial charge < -0.3 is 4.74 Å². The molecule has 0 unspecified atom stereocenters. The molecule has 2 aromatic carbocycles. The number of nitrogens with zero attached hydrogens (tertiary/aromatic N) is 1. The fourth-order valence-electron chi connectivity index (χ4n) is 3.14. The lowest BCUT2D eigenvalue weighted by atomic mass is 10.4. The van der Waals surface area contributed by atoms with E-state index < -0.39 is 7.26 Å². The zero-order valence-electron chi connectivity index (χ0n) is 14.1. The highest BCUT2D eigenvalue weighted by Crippen LogP contribution is 2.54. The second-order valence-corrected chi connectivity index (χ2v) is 10.4. The number of hydrogen-bond donors (Lipinski definition) is 0. The molecule has 4 heteroatoms. The van der Waals surface area contributed by atoms with Gasteiger partial charge in [0.1, 0.15) is 23.2 Å². The standard InChI is InChI=1S/C21H22INOP/c22-13-15-24-16-17-25(19-8-3-1-4-9-19,20-10-5-2-6-11-20)21-12-7-14-23-18-21/h1-12,14,18H,13,15-17H2/q+1/i22+4. The topological polar surface area (TPSA) is 22.1 Å². The van der Waals surface area contributed by atoms with E-state index in [2.05, 4.69) is 94.3 Å². The summed E-state index contributed by atoms with van der Waals surface area (Å²) in [6, 6.07) is 26.0. The highest BCUT2D eigenvalue weighted by molar-refractivity contribution is 14.1.